The van der Waals surface area contributed by atoms with Gasteiger partial charge in [-0.25, -0.2) is 0 Å². The second-order valence-electron chi connectivity index (χ2n) is 5.61. The Morgan fingerprint density at radius 1 is 1.39 bits per heavy atom. The summed E-state index contributed by atoms with van der Waals surface area (Å²) < 4.78 is 5.17. The largest absolute Gasteiger partial charge is 0.494 e. The highest BCUT2D eigenvalue weighted by Crippen LogP contribution is 2.22. The van der Waals surface area contributed by atoms with E-state index >= 15 is 0 Å². The molecule has 0 bridgehead atoms. The fourth-order valence-electron chi connectivity index (χ4n) is 2.90. The van der Waals surface area contributed by atoms with E-state index in [0.29, 0.717) is 17.0 Å². The summed E-state index contributed by atoms with van der Waals surface area (Å²) >= 11 is 0. The van der Waals surface area contributed by atoms with Crippen LogP contribution in [-0.2, 0) is 24.1 Å². The van der Waals surface area contributed by atoms with E-state index in [9.17, 15) is 9.59 Å². The molecule has 1 aliphatic rings. The van der Waals surface area contributed by atoms with Gasteiger partial charge in [0.25, 0.3) is 0 Å². The molecule has 6 nitrogen and oxygen atoms in total. The van der Waals surface area contributed by atoms with E-state index in [1.165, 1.54) is 13.3 Å². The number of anilines is 1. The van der Waals surface area contributed by atoms with Crippen LogP contribution in [0.5, 0.6) is 5.75 Å². The van der Waals surface area contributed by atoms with Crippen LogP contribution in [0.4, 0.5) is 5.69 Å². The Balaban J connectivity index is 1.77. The van der Waals surface area contributed by atoms with E-state index in [1.807, 2.05) is 0 Å². The standard InChI is InChI=1S/C17H19N3O3/c1-23-15-6-7-18-10-14(15)20-16(21)8-11-9-19-13-5-3-2-4-12(13)17(11)22/h6-7,9-10H,2-5,8H2,1H3,(H,19,22)(H,20,21). The lowest BCUT2D eigenvalue weighted by atomic mass is 9.94. The van der Waals surface area contributed by atoms with Crippen molar-refractivity contribution in [3.63, 3.8) is 0 Å². The molecule has 23 heavy (non-hydrogen) atoms. The molecule has 2 N–H and O–H groups in total. The lowest BCUT2D eigenvalue weighted by molar-refractivity contribution is -0.115. The van der Waals surface area contributed by atoms with Gasteiger partial charge in [0.05, 0.1) is 19.7 Å². The van der Waals surface area contributed by atoms with E-state index in [1.54, 1.807) is 18.5 Å². The Morgan fingerprint density at radius 2 is 2.22 bits per heavy atom. The molecule has 2 heterocycles. The maximum absolute atomic E-state index is 12.5. The number of hydrogen-bond donors (Lipinski definition) is 2. The van der Waals surface area contributed by atoms with Gasteiger partial charge >= 0.3 is 0 Å². The molecular formula is C17H19N3O3. The quantitative estimate of drug-likeness (QED) is 0.902. The summed E-state index contributed by atoms with van der Waals surface area (Å²) in [6.07, 6.45) is 8.62. The van der Waals surface area contributed by atoms with E-state index < -0.39 is 0 Å². The Bertz CT molecular complexity index is 783. The van der Waals surface area contributed by atoms with Crippen molar-refractivity contribution in [2.75, 3.05) is 12.4 Å². The van der Waals surface area contributed by atoms with Crippen LogP contribution in [-0.4, -0.2) is 23.0 Å². The van der Waals surface area contributed by atoms with Crippen LogP contribution in [0.1, 0.15) is 29.7 Å². The Morgan fingerprint density at radius 3 is 3.04 bits per heavy atom. The van der Waals surface area contributed by atoms with Crippen LogP contribution in [0, 0.1) is 0 Å². The number of H-pyrrole nitrogens is 1. The predicted octanol–water partition coefficient (Wildman–Crippen LogP) is 1.84. The van der Waals surface area contributed by atoms with Crippen molar-refractivity contribution >= 4 is 11.6 Å². The average Bonchev–Trinajstić information content (AvgIpc) is 2.58. The molecule has 1 amide bonds. The molecule has 0 aliphatic heterocycles. The molecule has 120 valence electrons. The van der Waals surface area contributed by atoms with Crippen molar-refractivity contribution in [3.05, 3.63) is 51.7 Å². The zero-order chi connectivity index (χ0) is 16.2. The van der Waals surface area contributed by atoms with Gasteiger partial charge < -0.3 is 15.0 Å². The Kier molecular flexibility index (Phi) is 4.41. The van der Waals surface area contributed by atoms with E-state index in [2.05, 4.69) is 15.3 Å². The van der Waals surface area contributed by atoms with E-state index in [-0.39, 0.29) is 17.8 Å². The van der Waals surface area contributed by atoms with Gasteiger partial charge in [-0.05, 0) is 25.7 Å². The van der Waals surface area contributed by atoms with Crippen molar-refractivity contribution in [3.8, 4) is 5.75 Å². The monoisotopic (exact) mass is 313 g/mol. The number of methoxy groups -OCH3 is 1. The second-order valence-corrected chi connectivity index (χ2v) is 5.61. The number of carbonyl (C=O) groups excluding carboxylic acids is 1. The Hall–Kier alpha value is -2.63. The van der Waals surface area contributed by atoms with Gasteiger partial charge in [-0.3, -0.25) is 14.6 Å². The number of rotatable bonds is 4. The molecule has 2 aromatic heterocycles. The highest BCUT2D eigenvalue weighted by molar-refractivity contribution is 5.93. The van der Waals surface area contributed by atoms with Crippen LogP contribution in [0.3, 0.4) is 0 Å². The molecule has 0 atom stereocenters. The van der Waals surface area contributed by atoms with E-state index in [4.69, 9.17) is 4.74 Å². The van der Waals surface area contributed by atoms with Crippen molar-refractivity contribution in [2.24, 2.45) is 0 Å². The maximum atomic E-state index is 12.5. The molecule has 0 spiro atoms. The van der Waals surface area contributed by atoms with E-state index in [0.717, 1.165) is 36.9 Å². The molecule has 0 saturated carbocycles. The van der Waals surface area contributed by atoms with Crippen molar-refractivity contribution in [2.45, 2.75) is 32.1 Å². The normalized spacial score (nSPS) is 13.3. The number of aryl methyl sites for hydroxylation is 1. The third-order valence-corrected chi connectivity index (χ3v) is 4.08. The first-order valence-electron chi connectivity index (χ1n) is 7.69. The van der Waals surface area contributed by atoms with Crippen LogP contribution in [0.15, 0.2) is 29.5 Å². The lowest BCUT2D eigenvalue weighted by Crippen LogP contribution is -2.25. The minimum Gasteiger partial charge on any atom is -0.494 e. The number of ether oxygens (including phenoxy) is 1. The van der Waals surface area contributed by atoms with Crippen LogP contribution in [0.25, 0.3) is 0 Å². The van der Waals surface area contributed by atoms with Crippen molar-refractivity contribution in [1.29, 1.82) is 0 Å². The van der Waals surface area contributed by atoms with Gasteiger partial charge in [-0.2, -0.15) is 0 Å². The molecule has 2 aromatic rings. The maximum Gasteiger partial charge on any atom is 0.229 e. The number of amides is 1. The summed E-state index contributed by atoms with van der Waals surface area (Å²) in [6, 6.07) is 1.67. The molecule has 0 unspecified atom stereocenters. The second kappa shape index (κ2) is 6.64. The highest BCUT2D eigenvalue weighted by atomic mass is 16.5. The molecule has 0 saturated heterocycles. The minimum absolute atomic E-state index is 0.00764. The number of pyridine rings is 2. The molecular weight excluding hydrogens is 294 g/mol. The Labute approximate surface area is 133 Å². The zero-order valence-corrected chi connectivity index (χ0v) is 13.0. The molecule has 6 heteroatoms. The van der Waals surface area contributed by atoms with Crippen LogP contribution < -0.4 is 15.5 Å². The first-order valence-corrected chi connectivity index (χ1v) is 7.69. The van der Waals surface area contributed by atoms with Gasteiger partial charge in [-0.1, -0.05) is 0 Å². The zero-order valence-electron chi connectivity index (χ0n) is 13.0. The third kappa shape index (κ3) is 3.26. The lowest BCUT2D eigenvalue weighted by Gasteiger charge is -2.15. The fourth-order valence-corrected chi connectivity index (χ4v) is 2.90. The summed E-state index contributed by atoms with van der Waals surface area (Å²) in [7, 11) is 1.53. The van der Waals surface area contributed by atoms with Gasteiger partial charge in [0.15, 0.2) is 5.43 Å². The molecule has 0 radical (unpaired) electrons. The first-order chi connectivity index (χ1) is 11.2. The van der Waals surface area contributed by atoms with Crippen LogP contribution in [0.2, 0.25) is 0 Å². The van der Waals surface area contributed by atoms with Gasteiger partial charge in [-0.15, -0.1) is 0 Å². The first kappa shape index (κ1) is 15.3. The highest BCUT2D eigenvalue weighted by Gasteiger charge is 2.17. The number of nitrogens with one attached hydrogen (secondary N) is 2. The molecule has 0 fully saturated rings. The summed E-state index contributed by atoms with van der Waals surface area (Å²) in [5.74, 6) is 0.269. The minimum atomic E-state index is -0.266. The summed E-state index contributed by atoms with van der Waals surface area (Å²) in [5, 5.41) is 2.74. The number of carbonyl (C=O) groups is 1. The number of nitrogens with zero attached hydrogens (tertiary/aromatic N) is 1. The van der Waals surface area contributed by atoms with Gasteiger partial charge in [0.2, 0.25) is 5.91 Å². The number of aromatic amines is 1. The third-order valence-electron chi connectivity index (χ3n) is 4.08. The summed E-state index contributed by atoms with van der Waals surface area (Å²) in [4.78, 5) is 31.8. The summed E-state index contributed by atoms with van der Waals surface area (Å²) in [6.45, 7) is 0. The van der Waals surface area contributed by atoms with Crippen LogP contribution >= 0.6 is 0 Å². The molecule has 1 aliphatic carbocycles. The predicted molar refractivity (Wildman–Crippen MR) is 86.8 cm³/mol. The van der Waals surface area contributed by atoms with Gasteiger partial charge in [0, 0.05) is 35.3 Å². The van der Waals surface area contributed by atoms with Crippen molar-refractivity contribution < 1.29 is 9.53 Å². The number of hydrogen-bond acceptors (Lipinski definition) is 4. The fraction of sp³-hybridized carbons (Fsp3) is 0.353. The number of aromatic nitrogens is 2. The average molecular weight is 313 g/mol. The topological polar surface area (TPSA) is 84.1 Å². The molecule has 0 aromatic carbocycles. The molecule has 3 rings (SSSR count). The number of fused-ring (bicyclic) bond motifs is 1. The SMILES string of the molecule is COc1ccncc1NC(=O)Cc1c[nH]c2c(c1=O)CCCC2. The summed E-state index contributed by atoms with van der Waals surface area (Å²) in [5.41, 5.74) is 2.83. The van der Waals surface area contributed by atoms with Crippen molar-refractivity contribution in [1.82, 2.24) is 9.97 Å². The smallest absolute Gasteiger partial charge is 0.229 e. The van der Waals surface area contributed by atoms with Gasteiger partial charge in [0.1, 0.15) is 11.4 Å².